The first kappa shape index (κ1) is 22.7. The molecule has 9 nitrogen and oxygen atoms in total. The minimum Gasteiger partial charge on any atom is -0.454 e. The van der Waals surface area contributed by atoms with Crippen molar-refractivity contribution in [1.82, 2.24) is 15.3 Å². The summed E-state index contributed by atoms with van der Waals surface area (Å²) in [7, 11) is 0. The fraction of sp³-hybridized carbons (Fsp3) is 0.160. The number of aromatic nitrogens is 2. The Labute approximate surface area is 206 Å². The summed E-state index contributed by atoms with van der Waals surface area (Å²) in [4.78, 5) is 19.5. The molecule has 6 rings (SSSR count). The van der Waals surface area contributed by atoms with Crippen LogP contribution in [0.5, 0.6) is 23.0 Å². The molecule has 0 aliphatic carbocycles. The van der Waals surface area contributed by atoms with E-state index < -0.39 is 17.9 Å². The lowest BCUT2D eigenvalue weighted by molar-refractivity contribution is -0.145. The van der Waals surface area contributed by atoms with Crippen LogP contribution < -0.4 is 24.3 Å². The molecule has 0 bridgehead atoms. The van der Waals surface area contributed by atoms with Crippen LogP contribution >= 0.6 is 0 Å². The number of ether oxygens (including phenoxy) is 4. The molecule has 2 aromatic carbocycles. The zero-order chi connectivity index (χ0) is 25.6. The number of amides is 1. The average Bonchev–Trinajstić information content (AvgIpc) is 3.65. The molecular formula is C25H16F3N3O6. The summed E-state index contributed by atoms with van der Waals surface area (Å²) >= 11 is 0. The van der Waals surface area contributed by atoms with E-state index in [2.05, 4.69) is 15.3 Å². The van der Waals surface area contributed by atoms with Crippen molar-refractivity contribution in [2.75, 3.05) is 13.6 Å². The highest BCUT2D eigenvalue weighted by molar-refractivity contribution is 5.95. The lowest BCUT2D eigenvalue weighted by Crippen LogP contribution is -2.22. The summed E-state index contributed by atoms with van der Waals surface area (Å²) in [6, 6.07) is 12.2. The maximum absolute atomic E-state index is 12.9. The molecule has 0 atom stereocenters. The zero-order valence-corrected chi connectivity index (χ0v) is 18.8. The second-order valence-corrected chi connectivity index (χ2v) is 8.08. The van der Waals surface area contributed by atoms with E-state index in [0.29, 0.717) is 45.4 Å². The lowest BCUT2D eigenvalue weighted by Gasteiger charge is -2.06. The maximum Gasteiger partial charge on any atom is 0.451 e. The summed E-state index contributed by atoms with van der Waals surface area (Å²) in [6.45, 7) is 0.115. The zero-order valence-electron chi connectivity index (χ0n) is 18.8. The van der Waals surface area contributed by atoms with Gasteiger partial charge in [0.25, 0.3) is 5.91 Å². The largest absolute Gasteiger partial charge is 0.454 e. The van der Waals surface area contributed by atoms with E-state index in [-0.39, 0.29) is 25.9 Å². The van der Waals surface area contributed by atoms with Gasteiger partial charge in [-0.15, -0.1) is 0 Å². The lowest BCUT2D eigenvalue weighted by atomic mass is 10.0. The van der Waals surface area contributed by atoms with Crippen LogP contribution in [0.4, 0.5) is 13.2 Å². The first-order valence-corrected chi connectivity index (χ1v) is 11.0. The topological polar surface area (TPSA) is 105 Å². The van der Waals surface area contributed by atoms with Crippen molar-refractivity contribution in [3.63, 3.8) is 0 Å². The standard InChI is InChI=1S/C25H16F3N3O6/c26-25(27,28)24-30-9-13(10-31-24)8-29-23(32)21-7-16(14-1-3-17-19(5-14)35-11-33-17)22(37-21)15-2-4-18-20(6-15)36-12-34-18/h1-7,9-10H,8,11-12H2,(H,29,32). The van der Waals surface area contributed by atoms with Gasteiger partial charge in [0.2, 0.25) is 19.4 Å². The molecule has 0 fully saturated rings. The fourth-order valence-electron chi connectivity index (χ4n) is 3.90. The number of hydrogen-bond donors (Lipinski definition) is 1. The molecule has 2 aromatic heterocycles. The van der Waals surface area contributed by atoms with Gasteiger partial charge in [0.05, 0.1) is 0 Å². The van der Waals surface area contributed by atoms with Crippen LogP contribution in [0.15, 0.2) is 59.3 Å². The van der Waals surface area contributed by atoms with E-state index in [1.165, 1.54) is 0 Å². The van der Waals surface area contributed by atoms with Crippen molar-refractivity contribution < 1.29 is 41.3 Å². The van der Waals surface area contributed by atoms with E-state index in [4.69, 9.17) is 23.4 Å². The Hall–Kier alpha value is -4.74. The van der Waals surface area contributed by atoms with Gasteiger partial charge in [-0.3, -0.25) is 4.79 Å². The third-order valence-corrected chi connectivity index (χ3v) is 5.69. The fourth-order valence-corrected chi connectivity index (χ4v) is 3.90. The molecular weight excluding hydrogens is 495 g/mol. The quantitative estimate of drug-likeness (QED) is 0.407. The van der Waals surface area contributed by atoms with Gasteiger partial charge in [-0.1, -0.05) is 6.07 Å². The third-order valence-electron chi connectivity index (χ3n) is 5.69. The van der Waals surface area contributed by atoms with Crippen LogP contribution in [0.1, 0.15) is 21.9 Å². The van der Waals surface area contributed by atoms with E-state index in [0.717, 1.165) is 18.0 Å². The minimum atomic E-state index is -4.65. The van der Waals surface area contributed by atoms with E-state index in [1.807, 2.05) is 6.07 Å². The van der Waals surface area contributed by atoms with Crippen LogP contribution in [-0.2, 0) is 12.7 Å². The number of fused-ring (bicyclic) bond motifs is 2. The molecule has 1 amide bonds. The summed E-state index contributed by atoms with van der Waals surface area (Å²) in [6.07, 6.45) is -2.63. The number of rotatable bonds is 5. The van der Waals surface area contributed by atoms with Crippen LogP contribution in [-0.4, -0.2) is 29.5 Å². The highest BCUT2D eigenvalue weighted by Gasteiger charge is 2.34. The molecule has 12 heteroatoms. The normalized spacial score (nSPS) is 13.6. The number of carbonyl (C=O) groups is 1. The van der Waals surface area contributed by atoms with Crippen molar-refractivity contribution in [3.05, 3.63) is 72.0 Å². The summed E-state index contributed by atoms with van der Waals surface area (Å²) < 4.78 is 65.8. The van der Waals surface area contributed by atoms with Gasteiger partial charge in [-0.25, -0.2) is 9.97 Å². The van der Waals surface area contributed by atoms with Crippen molar-refractivity contribution in [1.29, 1.82) is 0 Å². The highest BCUT2D eigenvalue weighted by atomic mass is 19.4. The van der Waals surface area contributed by atoms with Crippen molar-refractivity contribution >= 4 is 5.91 Å². The Morgan fingerprint density at radius 1 is 0.838 bits per heavy atom. The van der Waals surface area contributed by atoms with Gasteiger partial charge in [0.1, 0.15) is 5.76 Å². The smallest absolute Gasteiger partial charge is 0.451 e. The number of alkyl halides is 3. The van der Waals surface area contributed by atoms with Gasteiger partial charge < -0.3 is 28.7 Å². The molecule has 0 unspecified atom stereocenters. The Balaban J connectivity index is 1.30. The first-order chi connectivity index (χ1) is 17.8. The van der Waals surface area contributed by atoms with Crippen LogP contribution in [0, 0.1) is 0 Å². The van der Waals surface area contributed by atoms with Crippen molar-refractivity contribution in [2.24, 2.45) is 0 Å². The molecule has 0 saturated carbocycles. The molecule has 2 aliphatic rings. The van der Waals surface area contributed by atoms with Crippen LogP contribution in [0.2, 0.25) is 0 Å². The summed E-state index contributed by atoms with van der Waals surface area (Å²) in [5.41, 5.74) is 2.27. The Kier molecular flexibility index (Phi) is 5.36. The monoisotopic (exact) mass is 511 g/mol. The number of nitrogens with zero attached hydrogens (tertiary/aromatic N) is 2. The van der Waals surface area contributed by atoms with Crippen LogP contribution in [0.3, 0.4) is 0 Å². The number of halogens is 3. The van der Waals surface area contributed by atoms with E-state index in [9.17, 15) is 18.0 Å². The molecule has 1 N–H and O–H groups in total. The predicted molar refractivity (Wildman–Crippen MR) is 120 cm³/mol. The Morgan fingerprint density at radius 2 is 1.43 bits per heavy atom. The second-order valence-electron chi connectivity index (χ2n) is 8.08. The molecule has 37 heavy (non-hydrogen) atoms. The number of nitrogens with one attached hydrogen (secondary N) is 1. The number of benzene rings is 2. The van der Waals surface area contributed by atoms with E-state index >= 15 is 0 Å². The van der Waals surface area contributed by atoms with Crippen molar-refractivity contribution in [3.8, 4) is 45.4 Å². The first-order valence-electron chi connectivity index (χ1n) is 11.0. The summed E-state index contributed by atoms with van der Waals surface area (Å²) in [5, 5.41) is 2.62. The van der Waals surface area contributed by atoms with Crippen LogP contribution in [0.25, 0.3) is 22.5 Å². The van der Waals surface area contributed by atoms with Gasteiger partial charge >= 0.3 is 6.18 Å². The maximum atomic E-state index is 12.9. The Morgan fingerprint density at radius 3 is 2.08 bits per heavy atom. The SMILES string of the molecule is O=C(NCc1cnc(C(F)(F)F)nc1)c1cc(-c2ccc3c(c2)OCO3)c(-c2ccc3c(c2)OCO3)o1. The molecule has 4 aromatic rings. The molecule has 2 aliphatic heterocycles. The molecule has 0 spiro atoms. The molecule has 0 saturated heterocycles. The average molecular weight is 511 g/mol. The van der Waals surface area contributed by atoms with Crippen molar-refractivity contribution in [2.45, 2.75) is 12.7 Å². The third kappa shape index (κ3) is 4.37. The molecule has 188 valence electrons. The number of carbonyl (C=O) groups excluding carboxylic acids is 1. The van der Waals surface area contributed by atoms with Gasteiger partial charge in [-0.2, -0.15) is 13.2 Å². The van der Waals surface area contributed by atoms with Gasteiger partial charge in [0, 0.05) is 35.6 Å². The second kappa shape index (κ2) is 8.73. The predicted octanol–water partition coefficient (Wildman–Crippen LogP) is 4.81. The summed E-state index contributed by atoms with van der Waals surface area (Å²) in [5.74, 6) is 0.866. The van der Waals surface area contributed by atoms with Gasteiger partial charge in [-0.05, 0) is 42.0 Å². The highest BCUT2D eigenvalue weighted by Crippen LogP contribution is 2.43. The molecule has 4 heterocycles. The number of furan rings is 1. The molecule has 0 radical (unpaired) electrons. The minimum absolute atomic E-state index is 0.00633. The number of hydrogen-bond acceptors (Lipinski definition) is 8. The Bertz CT molecular complexity index is 1430. The van der Waals surface area contributed by atoms with Gasteiger partial charge in [0.15, 0.2) is 28.8 Å². The van der Waals surface area contributed by atoms with E-state index in [1.54, 1.807) is 36.4 Å².